The van der Waals surface area contributed by atoms with Crippen molar-refractivity contribution in [3.8, 4) is 23.1 Å². The number of aliphatic imine (C=N–C) groups is 1. The molecule has 1 N–H and O–H groups in total. The quantitative estimate of drug-likeness (QED) is 0.108. The molecule has 3 heterocycles. The topological polar surface area (TPSA) is 127 Å². The van der Waals surface area contributed by atoms with Crippen LogP contribution in [0.3, 0.4) is 0 Å². The number of ether oxygens (including phenoxy) is 4. The Morgan fingerprint density at radius 1 is 1.02 bits per heavy atom. The molecule has 1 aromatic carbocycles. The number of benzene rings is 1. The average molecular weight is 717 g/mol. The highest BCUT2D eigenvalue weighted by Gasteiger charge is 2.35. The van der Waals surface area contributed by atoms with Gasteiger partial charge in [-0.05, 0) is 98.3 Å². The standard InChI is InChI=1S/C37H44BFN5O6S/c1-37(2,36(46)41-18-7-20-48-22-24-49-23-21-47-19-5-4-17-40)43(3)35(45)27-50-31-13-9-28(10-14-31)33-16-12-30(44(33)38-39)26-29-11-15-32(42-29)34-8-6-25-51-34/h6,8-16,25-26H,4-5,7,18-24,27H2,1-3H3,(H,41,46)/b29-26-. The van der Waals surface area contributed by atoms with Crippen LogP contribution >= 0.6 is 11.3 Å². The van der Waals surface area contributed by atoms with E-state index in [-0.39, 0.29) is 18.4 Å². The van der Waals surface area contributed by atoms with Crippen LogP contribution in [0.4, 0.5) is 4.32 Å². The number of thiophene rings is 1. The summed E-state index contributed by atoms with van der Waals surface area (Å²) in [5.74, 6) is -0.188. The second-order valence-electron chi connectivity index (χ2n) is 12.0. The van der Waals surface area contributed by atoms with Crippen LogP contribution in [-0.2, 0) is 23.8 Å². The van der Waals surface area contributed by atoms with Gasteiger partial charge >= 0.3 is 7.69 Å². The van der Waals surface area contributed by atoms with Crippen LogP contribution in [0.5, 0.6) is 5.75 Å². The molecule has 1 radical (unpaired) electrons. The Morgan fingerprint density at radius 3 is 2.39 bits per heavy atom. The summed E-state index contributed by atoms with van der Waals surface area (Å²) >= 11 is 1.61. The lowest BCUT2D eigenvalue weighted by Gasteiger charge is -2.34. The molecule has 0 saturated heterocycles. The van der Waals surface area contributed by atoms with Gasteiger partial charge in [0.2, 0.25) is 5.91 Å². The normalized spacial score (nSPS) is 13.2. The zero-order valence-corrected chi connectivity index (χ0v) is 30.1. The molecular weight excluding hydrogens is 672 g/mol. The first kappa shape index (κ1) is 39.2. The number of likely N-dealkylation sites (N-methyl/N-ethyl adjacent to an activating group) is 1. The fourth-order valence-corrected chi connectivity index (χ4v) is 5.61. The van der Waals surface area contributed by atoms with E-state index in [1.54, 1.807) is 56.5 Å². The van der Waals surface area contributed by atoms with Crippen LogP contribution in [0.2, 0.25) is 0 Å². The van der Waals surface area contributed by atoms with Crippen LogP contribution in [0.1, 0.15) is 43.7 Å². The highest BCUT2D eigenvalue weighted by atomic mass is 32.1. The summed E-state index contributed by atoms with van der Waals surface area (Å²) in [6.45, 7) is 6.32. The molecule has 0 bridgehead atoms. The highest BCUT2D eigenvalue weighted by molar-refractivity contribution is 7.12. The zero-order valence-electron chi connectivity index (χ0n) is 29.3. The van der Waals surface area contributed by atoms with Crippen LogP contribution in [0, 0.1) is 11.3 Å². The van der Waals surface area contributed by atoms with Gasteiger partial charge in [0.05, 0.1) is 48.8 Å². The smallest absolute Gasteiger partial charge is 0.484 e. The van der Waals surface area contributed by atoms with Crippen molar-refractivity contribution in [1.29, 1.82) is 5.26 Å². The minimum absolute atomic E-state index is 0.260. The van der Waals surface area contributed by atoms with Gasteiger partial charge < -0.3 is 38.0 Å². The van der Waals surface area contributed by atoms with Crippen molar-refractivity contribution in [3.05, 3.63) is 82.3 Å². The molecular formula is C37H44BFN5O6S. The maximum absolute atomic E-state index is 14.1. The SMILES string of the molecule is CN(C(=O)COc1ccc(-c2ccc(/C=C3/C=CC(c4cccs4)=N3)n2[B]F)cc1)C(C)(C)C(=O)NCCCOCCOCCOCCCC#N. The Hall–Kier alpha value is -4.55. The van der Waals surface area contributed by atoms with Gasteiger partial charge in [-0.3, -0.25) is 9.59 Å². The van der Waals surface area contributed by atoms with E-state index in [0.717, 1.165) is 28.3 Å². The van der Waals surface area contributed by atoms with Gasteiger partial charge in [-0.15, -0.1) is 11.3 Å². The fourth-order valence-electron chi connectivity index (χ4n) is 4.91. The van der Waals surface area contributed by atoms with Crippen molar-refractivity contribution in [3.63, 3.8) is 0 Å². The number of nitrogens with zero attached hydrogens (tertiary/aromatic N) is 4. The predicted octanol–water partition coefficient (Wildman–Crippen LogP) is 5.44. The number of allylic oxidation sites excluding steroid dienone is 2. The van der Waals surface area contributed by atoms with Crippen molar-refractivity contribution in [1.82, 2.24) is 14.7 Å². The maximum Gasteiger partial charge on any atom is 0.495 e. The van der Waals surface area contributed by atoms with Crippen molar-refractivity contribution in [2.75, 3.05) is 59.8 Å². The molecule has 1 aliphatic heterocycles. The maximum atomic E-state index is 14.1. The van der Waals surface area contributed by atoms with Crippen LogP contribution in [-0.4, -0.2) is 100.0 Å². The first-order chi connectivity index (χ1) is 24.7. The van der Waals surface area contributed by atoms with Crippen molar-refractivity contribution < 1.29 is 32.9 Å². The van der Waals surface area contributed by atoms with Crippen LogP contribution < -0.4 is 10.1 Å². The van der Waals surface area contributed by atoms with E-state index >= 15 is 0 Å². The van der Waals surface area contributed by atoms with Crippen LogP contribution in [0.15, 0.2) is 76.8 Å². The third-order valence-corrected chi connectivity index (χ3v) is 9.02. The van der Waals surface area contributed by atoms with Gasteiger partial charge in [0.15, 0.2) is 6.61 Å². The number of carbonyl (C=O) groups excluding carboxylic acids is 2. The third kappa shape index (κ3) is 11.8. The molecule has 4 rings (SSSR count). The number of hydrogen-bond acceptors (Lipinski definition) is 9. The van der Waals surface area contributed by atoms with Crippen molar-refractivity contribution >= 4 is 42.6 Å². The first-order valence-corrected chi connectivity index (χ1v) is 17.7. The molecule has 3 aromatic rings. The van der Waals surface area contributed by atoms with Crippen molar-refractivity contribution in [2.45, 2.75) is 38.6 Å². The van der Waals surface area contributed by atoms with Gasteiger partial charge in [-0.25, -0.2) is 4.99 Å². The number of rotatable bonds is 22. The van der Waals surface area contributed by atoms with E-state index in [0.29, 0.717) is 83.9 Å². The second-order valence-corrected chi connectivity index (χ2v) is 13.0. The van der Waals surface area contributed by atoms with E-state index in [1.165, 1.54) is 9.38 Å². The molecule has 0 unspecified atom stereocenters. The fraction of sp³-hybridized carbons (Fsp3) is 0.405. The number of nitriles is 1. The van der Waals surface area contributed by atoms with Gasteiger partial charge in [0.25, 0.3) is 5.91 Å². The summed E-state index contributed by atoms with van der Waals surface area (Å²) in [6, 6.07) is 16.7. The minimum atomic E-state index is -1.11. The molecule has 0 fully saturated rings. The molecule has 1 aliphatic rings. The molecule has 0 aliphatic carbocycles. The molecule has 269 valence electrons. The number of unbranched alkanes of at least 4 members (excludes halogenated alkanes) is 1. The average Bonchev–Trinajstić information content (AvgIpc) is 3.92. The Balaban J connectivity index is 1.16. The number of nitrogens with one attached hydrogen (secondary N) is 1. The minimum Gasteiger partial charge on any atom is -0.484 e. The summed E-state index contributed by atoms with van der Waals surface area (Å²) in [4.78, 5) is 33.0. The van der Waals surface area contributed by atoms with E-state index in [4.69, 9.17) is 24.2 Å². The first-order valence-electron chi connectivity index (χ1n) is 16.8. The number of aromatic nitrogens is 1. The number of carbonyl (C=O) groups is 2. The van der Waals surface area contributed by atoms with Gasteiger partial charge in [0.1, 0.15) is 11.3 Å². The van der Waals surface area contributed by atoms with Gasteiger partial charge in [-0.1, -0.05) is 6.07 Å². The Bertz CT molecular complexity index is 1700. The zero-order chi connectivity index (χ0) is 36.5. The third-order valence-electron chi connectivity index (χ3n) is 8.13. The molecule has 51 heavy (non-hydrogen) atoms. The Kier molecular flexibility index (Phi) is 15.7. The molecule has 2 aromatic heterocycles. The number of halogens is 1. The summed E-state index contributed by atoms with van der Waals surface area (Å²) in [5, 5.41) is 13.4. The molecule has 2 amide bonds. The van der Waals surface area contributed by atoms with E-state index in [1.807, 2.05) is 47.9 Å². The lowest BCUT2D eigenvalue weighted by Crippen LogP contribution is -2.56. The summed E-state index contributed by atoms with van der Waals surface area (Å²) in [5.41, 5.74) is 2.55. The highest BCUT2D eigenvalue weighted by Crippen LogP contribution is 2.27. The Morgan fingerprint density at radius 2 is 1.73 bits per heavy atom. The molecule has 14 heteroatoms. The molecule has 11 nitrogen and oxygen atoms in total. The molecule has 0 atom stereocenters. The number of amides is 2. The second kappa shape index (κ2) is 20.3. The Labute approximate surface area is 303 Å². The van der Waals surface area contributed by atoms with E-state index < -0.39 is 5.54 Å². The molecule has 0 saturated carbocycles. The predicted molar refractivity (Wildman–Crippen MR) is 197 cm³/mol. The summed E-state index contributed by atoms with van der Waals surface area (Å²) < 4.78 is 37.6. The lowest BCUT2D eigenvalue weighted by molar-refractivity contribution is -0.145. The largest absolute Gasteiger partial charge is 0.495 e. The van der Waals surface area contributed by atoms with Crippen molar-refractivity contribution in [2.24, 2.45) is 4.99 Å². The van der Waals surface area contributed by atoms with Crippen LogP contribution in [0.25, 0.3) is 17.3 Å². The monoisotopic (exact) mass is 716 g/mol. The summed E-state index contributed by atoms with van der Waals surface area (Å²) in [6.07, 6.45) is 7.50. The van der Waals surface area contributed by atoms with Gasteiger partial charge in [0, 0.05) is 44.6 Å². The number of hydrogen-bond donors (Lipinski definition) is 1. The van der Waals surface area contributed by atoms with E-state index in [9.17, 15) is 13.9 Å². The van der Waals surface area contributed by atoms with E-state index in [2.05, 4.69) is 16.4 Å². The molecule has 0 spiro atoms. The van der Waals surface area contributed by atoms with Gasteiger partial charge in [-0.2, -0.15) is 5.26 Å². The summed E-state index contributed by atoms with van der Waals surface area (Å²) in [7, 11) is 2.09. The lowest BCUT2D eigenvalue weighted by atomic mass is 10.0.